The number of oxazole rings is 1. The van der Waals surface area contributed by atoms with Crippen LogP contribution in [-0.4, -0.2) is 30.7 Å². The van der Waals surface area contributed by atoms with E-state index >= 15 is 0 Å². The van der Waals surface area contributed by atoms with Crippen LogP contribution in [0.2, 0.25) is 0 Å². The Morgan fingerprint density at radius 3 is 2.52 bits per heavy atom. The maximum atomic E-state index is 11.3. The van der Waals surface area contributed by atoms with E-state index in [9.17, 15) is 4.79 Å². The van der Waals surface area contributed by atoms with Crippen molar-refractivity contribution in [3.8, 4) is 11.5 Å². The Labute approximate surface area is 181 Å². The fourth-order valence-corrected chi connectivity index (χ4v) is 2.77. The Bertz CT molecular complexity index is 1010. The zero-order valence-electron chi connectivity index (χ0n) is 17.9. The van der Waals surface area contributed by atoms with Gasteiger partial charge in [-0.25, -0.2) is 14.8 Å². The maximum absolute atomic E-state index is 11.3. The standard InChI is InChI=1S/C23H27N5O3/c1-4-24-22(25-13-17-7-11-19(12-8-17)28-23(29)30-3)26-14-20-15-31-21(27-20)18-9-5-16(2)6-10-18/h5-12,15H,4,13-14H2,1-3H3,(H,28,29)(H2,24,25,26). The van der Waals surface area contributed by atoms with Crippen LogP contribution in [0.25, 0.3) is 11.5 Å². The number of aryl methyl sites for hydroxylation is 1. The van der Waals surface area contributed by atoms with Crippen LogP contribution in [0.1, 0.15) is 23.7 Å². The molecule has 0 saturated heterocycles. The molecule has 3 aromatic rings. The third-order valence-corrected chi connectivity index (χ3v) is 4.44. The quantitative estimate of drug-likeness (QED) is 0.393. The molecule has 31 heavy (non-hydrogen) atoms. The van der Waals surface area contributed by atoms with Gasteiger partial charge in [0.1, 0.15) is 6.26 Å². The highest BCUT2D eigenvalue weighted by Crippen LogP contribution is 2.19. The van der Waals surface area contributed by atoms with E-state index in [2.05, 4.69) is 30.7 Å². The largest absolute Gasteiger partial charge is 0.453 e. The van der Waals surface area contributed by atoms with Gasteiger partial charge < -0.3 is 19.8 Å². The van der Waals surface area contributed by atoms with Gasteiger partial charge in [-0.15, -0.1) is 0 Å². The highest BCUT2D eigenvalue weighted by molar-refractivity contribution is 5.84. The molecule has 0 radical (unpaired) electrons. The second-order valence-electron chi connectivity index (χ2n) is 6.87. The van der Waals surface area contributed by atoms with Crippen molar-refractivity contribution in [2.75, 3.05) is 19.0 Å². The molecule has 0 aliphatic carbocycles. The number of aliphatic imine (C=N–C) groups is 1. The number of nitrogens with zero attached hydrogens (tertiary/aromatic N) is 2. The van der Waals surface area contributed by atoms with E-state index in [4.69, 9.17) is 4.42 Å². The minimum absolute atomic E-state index is 0.487. The number of rotatable bonds is 7. The van der Waals surface area contributed by atoms with Crippen LogP contribution in [0.4, 0.5) is 10.5 Å². The van der Waals surface area contributed by atoms with Crippen molar-refractivity contribution in [2.45, 2.75) is 26.9 Å². The van der Waals surface area contributed by atoms with Crippen molar-refractivity contribution in [1.29, 1.82) is 0 Å². The predicted octanol–water partition coefficient (Wildman–Crippen LogP) is 4.08. The number of carbonyl (C=O) groups is 1. The highest BCUT2D eigenvalue weighted by atomic mass is 16.5. The molecule has 0 aliphatic heterocycles. The van der Waals surface area contributed by atoms with Crippen LogP contribution < -0.4 is 16.0 Å². The fourth-order valence-electron chi connectivity index (χ4n) is 2.77. The molecule has 0 spiro atoms. The minimum atomic E-state index is -0.497. The van der Waals surface area contributed by atoms with Crippen LogP contribution >= 0.6 is 0 Å². The second-order valence-corrected chi connectivity index (χ2v) is 6.87. The summed E-state index contributed by atoms with van der Waals surface area (Å²) in [6.07, 6.45) is 1.15. The van der Waals surface area contributed by atoms with Crippen molar-refractivity contribution in [1.82, 2.24) is 15.6 Å². The number of methoxy groups -OCH3 is 1. The molecular weight excluding hydrogens is 394 g/mol. The molecular formula is C23H27N5O3. The SMILES string of the molecule is CCNC(=NCc1ccc(NC(=O)OC)cc1)NCc1coc(-c2ccc(C)cc2)n1. The molecule has 1 amide bonds. The van der Waals surface area contributed by atoms with Crippen molar-refractivity contribution in [2.24, 2.45) is 4.99 Å². The monoisotopic (exact) mass is 421 g/mol. The third kappa shape index (κ3) is 6.60. The summed E-state index contributed by atoms with van der Waals surface area (Å²) in [5.74, 6) is 1.28. The Kier molecular flexibility index (Phi) is 7.64. The van der Waals surface area contributed by atoms with Crippen LogP contribution in [-0.2, 0) is 17.8 Å². The lowest BCUT2D eigenvalue weighted by Gasteiger charge is -2.10. The van der Waals surface area contributed by atoms with Crippen LogP contribution in [0, 0.1) is 6.92 Å². The first-order valence-corrected chi connectivity index (χ1v) is 10.0. The molecule has 8 heteroatoms. The number of hydrogen-bond donors (Lipinski definition) is 3. The Hall–Kier alpha value is -3.81. The molecule has 0 unspecified atom stereocenters. The third-order valence-electron chi connectivity index (χ3n) is 4.44. The van der Waals surface area contributed by atoms with Gasteiger partial charge in [0.05, 0.1) is 25.9 Å². The Morgan fingerprint density at radius 2 is 1.84 bits per heavy atom. The van der Waals surface area contributed by atoms with Gasteiger partial charge in [0.2, 0.25) is 5.89 Å². The molecule has 3 rings (SSSR count). The van der Waals surface area contributed by atoms with Crippen molar-refractivity contribution in [3.05, 3.63) is 71.6 Å². The van der Waals surface area contributed by atoms with E-state index in [0.717, 1.165) is 23.4 Å². The van der Waals surface area contributed by atoms with Crippen LogP contribution in [0.15, 0.2) is 64.2 Å². The average Bonchev–Trinajstić information content (AvgIpc) is 3.26. The number of aromatic nitrogens is 1. The number of ether oxygens (including phenoxy) is 1. The van der Waals surface area contributed by atoms with Gasteiger partial charge in [-0.05, 0) is 43.7 Å². The number of guanidine groups is 1. The lowest BCUT2D eigenvalue weighted by Crippen LogP contribution is -2.36. The first-order chi connectivity index (χ1) is 15.1. The normalized spacial score (nSPS) is 11.1. The van der Waals surface area contributed by atoms with E-state index in [1.807, 2.05) is 62.4 Å². The summed E-state index contributed by atoms with van der Waals surface area (Å²) in [6, 6.07) is 15.5. The van der Waals surface area contributed by atoms with Crippen molar-refractivity contribution in [3.63, 3.8) is 0 Å². The number of nitrogens with one attached hydrogen (secondary N) is 3. The van der Waals surface area contributed by atoms with Crippen LogP contribution in [0.5, 0.6) is 0 Å². The smallest absolute Gasteiger partial charge is 0.411 e. The molecule has 0 atom stereocenters. The summed E-state index contributed by atoms with van der Waals surface area (Å²) in [4.78, 5) is 20.4. The lowest BCUT2D eigenvalue weighted by atomic mass is 10.1. The molecule has 162 valence electrons. The number of carbonyl (C=O) groups excluding carboxylic acids is 1. The summed E-state index contributed by atoms with van der Waals surface area (Å²) < 4.78 is 10.2. The Morgan fingerprint density at radius 1 is 1.10 bits per heavy atom. The molecule has 8 nitrogen and oxygen atoms in total. The average molecular weight is 422 g/mol. The van der Waals surface area contributed by atoms with Gasteiger partial charge in [-0.1, -0.05) is 29.8 Å². The van der Waals surface area contributed by atoms with Gasteiger partial charge in [0, 0.05) is 17.8 Å². The number of benzene rings is 2. The molecule has 0 fully saturated rings. The summed E-state index contributed by atoms with van der Waals surface area (Å²) >= 11 is 0. The predicted molar refractivity (Wildman–Crippen MR) is 121 cm³/mol. The molecule has 0 saturated carbocycles. The maximum Gasteiger partial charge on any atom is 0.411 e. The number of hydrogen-bond acceptors (Lipinski definition) is 5. The number of amides is 1. The molecule has 2 aromatic carbocycles. The zero-order valence-corrected chi connectivity index (χ0v) is 17.9. The first kappa shape index (κ1) is 21.9. The van der Waals surface area contributed by atoms with E-state index in [1.54, 1.807) is 6.26 Å². The van der Waals surface area contributed by atoms with E-state index in [-0.39, 0.29) is 0 Å². The summed E-state index contributed by atoms with van der Waals surface area (Å²) in [6.45, 7) is 5.77. The van der Waals surface area contributed by atoms with Crippen molar-refractivity contribution >= 4 is 17.7 Å². The molecule has 0 aliphatic rings. The summed E-state index contributed by atoms with van der Waals surface area (Å²) in [5.41, 5.74) is 4.61. The Balaban J connectivity index is 1.57. The van der Waals surface area contributed by atoms with Gasteiger partial charge in [-0.3, -0.25) is 5.32 Å². The fraction of sp³-hybridized carbons (Fsp3) is 0.261. The summed E-state index contributed by atoms with van der Waals surface area (Å²) in [5, 5.41) is 9.11. The van der Waals surface area contributed by atoms with Crippen LogP contribution in [0.3, 0.4) is 0 Å². The van der Waals surface area contributed by atoms with E-state index in [1.165, 1.54) is 12.7 Å². The number of anilines is 1. The van der Waals surface area contributed by atoms with Gasteiger partial charge in [0.15, 0.2) is 5.96 Å². The molecule has 1 heterocycles. The molecule has 3 N–H and O–H groups in total. The molecule has 0 bridgehead atoms. The topological polar surface area (TPSA) is 101 Å². The van der Waals surface area contributed by atoms with Gasteiger partial charge in [0.25, 0.3) is 0 Å². The van der Waals surface area contributed by atoms with Gasteiger partial charge in [-0.2, -0.15) is 0 Å². The van der Waals surface area contributed by atoms with E-state index < -0.39 is 6.09 Å². The van der Waals surface area contributed by atoms with E-state index in [0.29, 0.717) is 30.6 Å². The summed E-state index contributed by atoms with van der Waals surface area (Å²) in [7, 11) is 1.33. The lowest BCUT2D eigenvalue weighted by molar-refractivity contribution is 0.187. The highest BCUT2D eigenvalue weighted by Gasteiger charge is 2.07. The molecule has 1 aromatic heterocycles. The first-order valence-electron chi connectivity index (χ1n) is 10.0. The van der Waals surface area contributed by atoms with Crippen molar-refractivity contribution < 1.29 is 13.9 Å². The minimum Gasteiger partial charge on any atom is -0.453 e. The zero-order chi connectivity index (χ0) is 22.1. The van der Waals surface area contributed by atoms with Gasteiger partial charge >= 0.3 is 6.09 Å². The second kappa shape index (κ2) is 10.8.